The highest BCUT2D eigenvalue weighted by molar-refractivity contribution is 7.21. The van der Waals surface area contributed by atoms with Gasteiger partial charge in [0.05, 0.1) is 5.69 Å². The van der Waals surface area contributed by atoms with Gasteiger partial charge in [-0.25, -0.2) is 14.5 Å². The van der Waals surface area contributed by atoms with Crippen molar-refractivity contribution in [1.29, 1.82) is 0 Å². The van der Waals surface area contributed by atoms with E-state index in [9.17, 15) is 35.9 Å². The molecular formula is C24H13ClF6N6O2S. The summed E-state index contributed by atoms with van der Waals surface area (Å²) >= 11 is 6.71. The SMILES string of the molecule is Cc1cc(C(F)(F)F)n2nc(C(=O)Nc3c(C(N)=O)sc4nc(C(F)(F)F)cc(-c5ccccc5)c34)c(Cl)c2n1. The minimum Gasteiger partial charge on any atom is -0.365 e. The summed E-state index contributed by atoms with van der Waals surface area (Å²) in [5.74, 6) is -2.26. The van der Waals surface area contributed by atoms with E-state index in [1.807, 2.05) is 0 Å². The molecule has 1 aromatic carbocycles. The van der Waals surface area contributed by atoms with Gasteiger partial charge in [0.1, 0.15) is 26.1 Å². The van der Waals surface area contributed by atoms with Crippen molar-refractivity contribution in [3.8, 4) is 11.1 Å². The van der Waals surface area contributed by atoms with Crippen LogP contribution in [-0.2, 0) is 12.4 Å². The first-order chi connectivity index (χ1) is 18.7. The Bertz CT molecular complexity index is 1830. The Morgan fingerprint density at radius 3 is 2.30 bits per heavy atom. The highest BCUT2D eigenvalue weighted by Gasteiger charge is 2.37. The van der Waals surface area contributed by atoms with E-state index in [1.165, 1.54) is 19.1 Å². The maximum Gasteiger partial charge on any atom is 0.433 e. The second-order valence-corrected chi connectivity index (χ2v) is 9.78. The molecule has 0 saturated carbocycles. The largest absolute Gasteiger partial charge is 0.433 e. The Morgan fingerprint density at radius 1 is 1.02 bits per heavy atom. The van der Waals surface area contributed by atoms with Gasteiger partial charge in [-0.2, -0.15) is 31.4 Å². The predicted molar refractivity (Wildman–Crippen MR) is 134 cm³/mol. The number of benzene rings is 1. The standard InChI is InChI=1S/C24H13ClF6N6O2S/c1-9-7-13(24(29,30)31)37-20(33-9)15(25)17(36-37)21(39)35-16-14-11(10-5-3-2-4-6-10)8-12(23(26,27)28)34-22(14)40-18(16)19(32)38/h2-8H,1H3,(H2,32,38)(H,35,39). The van der Waals surface area contributed by atoms with E-state index in [0.29, 0.717) is 27.5 Å². The Labute approximate surface area is 228 Å². The van der Waals surface area contributed by atoms with Gasteiger partial charge < -0.3 is 11.1 Å². The number of hydrogen-bond donors (Lipinski definition) is 2. The summed E-state index contributed by atoms with van der Waals surface area (Å²) in [4.78, 5) is 32.5. The van der Waals surface area contributed by atoms with Gasteiger partial charge in [0, 0.05) is 11.1 Å². The number of pyridine rings is 1. The minimum atomic E-state index is -4.87. The molecule has 5 rings (SSSR count). The monoisotopic (exact) mass is 598 g/mol. The number of nitrogens with two attached hydrogens (primary N) is 1. The number of primary amides is 1. The molecule has 16 heteroatoms. The van der Waals surface area contributed by atoms with Gasteiger partial charge in [-0.3, -0.25) is 9.59 Å². The zero-order chi connectivity index (χ0) is 29.1. The van der Waals surface area contributed by atoms with E-state index < -0.39 is 51.9 Å². The van der Waals surface area contributed by atoms with E-state index in [1.54, 1.807) is 18.2 Å². The normalized spacial score (nSPS) is 12.3. The Morgan fingerprint density at radius 2 is 1.70 bits per heavy atom. The molecular weight excluding hydrogens is 586 g/mol. The smallest absolute Gasteiger partial charge is 0.365 e. The summed E-state index contributed by atoms with van der Waals surface area (Å²) in [6.45, 7) is 1.29. The van der Waals surface area contributed by atoms with Crippen LogP contribution in [0.3, 0.4) is 0 Å². The highest BCUT2D eigenvalue weighted by Crippen LogP contribution is 2.44. The molecule has 0 spiro atoms. The summed E-state index contributed by atoms with van der Waals surface area (Å²) in [5.41, 5.74) is 1.76. The van der Waals surface area contributed by atoms with E-state index >= 15 is 0 Å². The van der Waals surface area contributed by atoms with Gasteiger partial charge in [0.25, 0.3) is 11.8 Å². The Kier molecular flexibility index (Phi) is 6.45. The maximum absolute atomic E-state index is 13.7. The van der Waals surface area contributed by atoms with E-state index in [0.717, 1.165) is 6.07 Å². The van der Waals surface area contributed by atoms with Crippen LogP contribution >= 0.6 is 22.9 Å². The second kappa shape index (κ2) is 9.45. The van der Waals surface area contributed by atoms with Crippen LogP contribution in [0.15, 0.2) is 42.5 Å². The lowest BCUT2D eigenvalue weighted by atomic mass is 10.0. The summed E-state index contributed by atoms with van der Waals surface area (Å²) in [5, 5.41) is 5.48. The van der Waals surface area contributed by atoms with E-state index in [-0.39, 0.29) is 32.0 Å². The van der Waals surface area contributed by atoms with Gasteiger partial charge in [-0.1, -0.05) is 41.9 Å². The maximum atomic E-state index is 13.7. The first-order valence-corrected chi connectivity index (χ1v) is 12.2. The molecule has 4 aromatic heterocycles. The van der Waals surface area contributed by atoms with Crippen molar-refractivity contribution in [2.24, 2.45) is 5.73 Å². The molecule has 5 aromatic rings. The van der Waals surface area contributed by atoms with Gasteiger partial charge >= 0.3 is 12.4 Å². The van der Waals surface area contributed by atoms with Crippen LogP contribution in [0.5, 0.6) is 0 Å². The molecule has 0 bridgehead atoms. The lowest BCUT2D eigenvalue weighted by molar-refractivity contribution is -0.143. The molecule has 0 atom stereocenters. The van der Waals surface area contributed by atoms with Gasteiger partial charge in [0.15, 0.2) is 11.3 Å². The molecule has 0 unspecified atom stereocenters. The van der Waals surface area contributed by atoms with Gasteiger partial charge in [-0.15, -0.1) is 11.3 Å². The Balaban J connectivity index is 1.73. The topological polar surface area (TPSA) is 115 Å². The summed E-state index contributed by atoms with van der Waals surface area (Å²) < 4.78 is 82.2. The predicted octanol–water partition coefficient (Wildman–Crippen LogP) is 6.36. The fourth-order valence-electron chi connectivity index (χ4n) is 4.01. The molecule has 3 N–H and O–H groups in total. The van der Waals surface area contributed by atoms with Crippen molar-refractivity contribution in [2.45, 2.75) is 19.3 Å². The first kappa shape index (κ1) is 27.3. The molecule has 4 heterocycles. The molecule has 0 radical (unpaired) electrons. The number of carbonyl (C=O) groups is 2. The molecule has 0 aliphatic carbocycles. The van der Waals surface area contributed by atoms with Crippen molar-refractivity contribution in [3.63, 3.8) is 0 Å². The molecule has 0 fully saturated rings. The van der Waals surface area contributed by atoms with Crippen LogP contribution in [0, 0.1) is 6.92 Å². The fourth-order valence-corrected chi connectivity index (χ4v) is 5.27. The molecule has 0 aliphatic rings. The van der Waals surface area contributed by atoms with Crippen LogP contribution < -0.4 is 11.1 Å². The van der Waals surface area contributed by atoms with Crippen LogP contribution in [0.1, 0.15) is 37.2 Å². The number of nitrogens with zero attached hydrogens (tertiary/aromatic N) is 4. The van der Waals surface area contributed by atoms with Crippen molar-refractivity contribution < 1.29 is 35.9 Å². The number of aryl methyl sites for hydroxylation is 1. The van der Waals surface area contributed by atoms with Crippen molar-refractivity contribution in [2.75, 3.05) is 5.32 Å². The second-order valence-electron chi connectivity index (χ2n) is 8.40. The van der Waals surface area contributed by atoms with Crippen LogP contribution in [0.4, 0.5) is 32.0 Å². The summed E-state index contributed by atoms with van der Waals surface area (Å²) in [7, 11) is 0. The number of carbonyl (C=O) groups excluding carboxylic acids is 2. The molecule has 0 saturated heterocycles. The van der Waals surface area contributed by atoms with Crippen LogP contribution in [0.2, 0.25) is 5.02 Å². The van der Waals surface area contributed by atoms with E-state index in [4.69, 9.17) is 17.3 Å². The number of hydrogen-bond acceptors (Lipinski definition) is 6. The minimum absolute atomic E-state index is 0.0327. The summed E-state index contributed by atoms with van der Waals surface area (Å²) in [6.07, 6.45) is -9.71. The quantitative estimate of drug-likeness (QED) is 0.234. The number of aromatic nitrogens is 4. The summed E-state index contributed by atoms with van der Waals surface area (Å²) in [6, 6.07) is 9.25. The zero-order valence-electron chi connectivity index (χ0n) is 19.8. The number of nitrogens with one attached hydrogen (secondary N) is 1. The number of anilines is 1. The average molecular weight is 599 g/mol. The first-order valence-electron chi connectivity index (χ1n) is 11.0. The number of halogens is 7. The van der Waals surface area contributed by atoms with Crippen LogP contribution in [0.25, 0.3) is 27.0 Å². The van der Waals surface area contributed by atoms with Gasteiger partial charge in [-0.05, 0) is 30.2 Å². The van der Waals surface area contributed by atoms with Crippen molar-refractivity contribution in [1.82, 2.24) is 19.6 Å². The molecule has 40 heavy (non-hydrogen) atoms. The van der Waals surface area contributed by atoms with Gasteiger partial charge in [0.2, 0.25) is 0 Å². The van der Waals surface area contributed by atoms with Crippen LogP contribution in [-0.4, -0.2) is 31.4 Å². The Hall–Kier alpha value is -4.24. The molecule has 8 nitrogen and oxygen atoms in total. The number of amides is 2. The molecule has 0 aliphatic heterocycles. The number of fused-ring (bicyclic) bond motifs is 2. The third-order valence-corrected chi connectivity index (χ3v) is 7.11. The van der Waals surface area contributed by atoms with Crippen molar-refractivity contribution in [3.05, 3.63) is 75.1 Å². The molecule has 2 amide bonds. The van der Waals surface area contributed by atoms with E-state index in [2.05, 4.69) is 20.4 Å². The highest BCUT2D eigenvalue weighted by atomic mass is 35.5. The average Bonchev–Trinajstić information content (AvgIpc) is 3.40. The lowest BCUT2D eigenvalue weighted by Crippen LogP contribution is -2.18. The zero-order valence-corrected chi connectivity index (χ0v) is 21.4. The third kappa shape index (κ3) is 4.70. The fraction of sp³-hybridized carbons (Fsp3) is 0.125. The van der Waals surface area contributed by atoms with Crippen molar-refractivity contribution >= 4 is 56.3 Å². The number of thiophene rings is 1. The number of rotatable bonds is 4. The molecule has 206 valence electrons. The number of alkyl halides is 6. The lowest BCUT2D eigenvalue weighted by Gasteiger charge is -2.12. The third-order valence-electron chi connectivity index (χ3n) is 5.67.